The topological polar surface area (TPSA) is 58.4 Å². The Morgan fingerprint density at radius 3 is 2.29 bits per heavy atom. The number of nitrogens with zero attached hydrogens (tertiary/aromatic N) is 4. The Morgan fingerprint density at radius 1 is 0.810 bits per heavy atom. The number of imidazole rings is 1. The molecule has 0 spiro atoms. The van der Waals surface area contributed by atoms with Crippen LogP contribution in [0.3, 0.4) is 0 Å². The maximum Gasteiger partial charge on any atom is 0.147 e. The molecular formula is C35H54N4O2S. The molecule has 3 aliphatic heterocycles. The van der Waals surface area contributed by atoms with Crippen molar-refractivity contribution in [3.63, 3.8) is 0 Å². The average Bonchev–Trinajstić information content (AvgIpc) is 3.22. The van der Waals surface area contributed by atoms with Gasteiger partial charge in [-0.15, -0.1) is 0 Å². The van der Waals surface area contributed by atoms with E-state index in [1.54, 1.807) is 0 Å². The number of sulfone groups is 1. The van der Waals surface area contributed by atoms with E-state index in [0.717, 1.165) is 68.0 Å². The Morgan fingerprint density at radius 2 is 1.55 bits per heavy atom. The van der Waals surface area contributed by atoms with Gasteiger partial charge >= 0.3 is 0 Å². The highest BCUT2D eigenvalue weighted by Crippen LogP contribution is 2.47. The molecule has 7 heteroatoms. The number of rotatable bonds is 8. The maximum absolute atomic E-state index is 11.7. The lowest BCUT2D eigenvalue weighted by molar-refractivity contribution is -0.0420. The predicted molar refractivity (Wildman–Crippen MR) is 172 cm³/mol. The maximum atomic E-state index is 11.7. The lowest BCUT2D eigenvalue weighted by atomic mass is 9.73. The largest absolute Gasteiger partial charge is 0.325 e. The van der Waals surface area contributed by atoms with Crippen molar-refractivity contribution in [1.29, 1.82) is 0 Å². The molecule has 3 saturated heterocycles. The molecule has 7 atom stereocenters. The van der Waals surface area contributed by atoms with Gasteiger partial charge in [0.2, 0.25) is 0 Å². The molecule has 2 aliphatic carbocycles. The second-order valence-electron chi connectivity index (χ2n) is 15.1. The highest BCUT2D eigenvalue weighted by atomic mass is 32.2. The number of hydrogen-bond donors (Lipinski definition) is 0. The number of fused-ring (bicyclic) bond motifs is 5. The van der Waals surface area contributed by atoms with Crippen molar-refractivity contribution < 1.29 is 8.42 Å². The van der Waals surface area contributed by atoms with Gasteiger partial charge in [0.05, 0.1) is 16.8 Å². The molecule has 4 bridgehead atoms. The zero-order chi connectivity index (χ0) is 28.7. The van der Waals surface area contributed by atoms with Crippen molar-refractivity contribution in [2.45, 2.75) is 127 Å². The van der Waals surface area contributed by atoms with Crippen LogP contribution >= 0.6 is 0 Å². The van der Waals surface area contributed by atoms with Crippen LogP contribution in [0.25, 0.3) is 11.0 Å². The fourth-order valence-corrected chi connectivity index (χ4v) is 10.9. The third kappa shape index (κ3) is 6.49. The normalized spacial score (nSPS) is 34.8. The van der Waals surface area contributed by atoms with Crippen molar-refractivity contribution in [2.75, 3.05) is 31.6 Å². The molecule has 0 radical (unpaired) electrons. The van der Waals surface area contributed by atoms with E-state index in [2.05, 4.69) is 38.6 Å². The van der Waals surface area contributed by atoms with Gasteiger partial charge in [-0.25, -0.2) is 13.4 Å². The van der Waals surface area contributed by atoms with Gasteiger partial charge in [0.1, 0.15) is 15.7 Å². The summed E-state index contributed by atoms with van der Waals surface area (Å²) in [5.41, 5.74) is 2.51. The van der Waals surface area contributed by atoms with Crippen molar-refractivity contribution in [3.05, 3.63) is 30.1 Å². The van der Waals surface area contributed by atoms with Crippen molar-refractivity contribution in [3.8, 4) is 0 Å². The number of hydrogen-bond acceptors (Lipinski definition) is 5. The summed E-state index contributed by atoms with van der Waals surface area (Å²) >= 11 is 0. The van der Waals surface area contributed by atoms with Gasteiger partial charge in [-0.05, 0) is 107 Å². The Bertz CT molecular complexity index is 1300. The minimum atomic E-state index is -2.89. The van der Waals surface area contributed by atoms with E-state index in [-0.39, 0.29) is 0 Å². The van der Waals surface area contributed by atoms with E-state index in [0.29, 0.717) is 17.7 Å². The van der Waals surface area contributed by atoms with E-state index in [1.807, 2.05) is 0 Å². The summed E-state index contributed by atoms with van der Waals surface area (Å²) in [6, 6.07) is 11.7. The van der Waals surface area contributed by atoms with Crippen LogP contribution in [0.1, 0.15) is 108 Å². The molecule has 7 rings (SSSR count). The van der Waals surface area contributed by atoms with Gasteiger partial charge < -0.3 is 9.47 Å². The first-order valence-electron chi connectivity index (χ1n) is 17.5. The SMILES string of the molecule is CS(=O)(=O)CCCN1CCC[C@@H](Cc2nc3ccccc3n2C2C[C@H]3CCC[C@@H](C2)N3C2C[C@H]3CCCC[C@@H](C2)C3)C1. The second-order valence-corrected chi connectivity index (χ2v) is 17.3. The van der Waals surface area contributed by atoms with Gasteiger partial charge in [-0.1, -0.05) is 44.2 Å². The van der Waals surface area contributed by atoms with E-state index in [4.69, 9.17) is 4.98 Å². The summed E-state index contributed by atoms with van der Waals surface area (Å²) in [5, 5.41) is 0. The molecule has 2 unspecified atom stereocenters. The highest BCUT2D eigenvalue weighted by molar-refractivity contribution is 7.90. The van der Waals surface area contributed by atoms with Crippen LogP contribution in [0.5, 0.6) is 0 Å². The van der Waals surface area contributed by atoms with Crippen LogP contribution in [-0.2, 0) is 16.3 Å². The van der Waals surface area contributed by atoms with Gasteiger partial charge in [-0.2, -0.15) is 0 Å². The fraction of sp³-hybridized carbons (Fsp3) is 0.800. The molecule has 1 aromatic carbocycles. The van der Waals surface area contributed by atoms with Gasteiger partial charge in [0.15, 0.2) is 0 Å². The van der Waals surface area contributed by atoms with Crippen LogP contribution in [0, 0.1) is 17.8 Å². The summed E-state index contributed by atoms with van der Waals surface area (Å²) in [5.74, 6) is 4.17. The third-order valence-electron chi connectivity index (χ3n) is 11.9. The predicted octanol–water partition coefficient (Wildman–Crippen LogP) is 6.64. The van der Waals surface area contributed by atoms with Gasteiger partial charge in [0, 0.05) is 43.4 Å². The third-order valence-corrected chi connectivity index (χ3v) is 12.9. The molecule has 42 heavy (non-hydrogen) atoms. The van der Waals surface area contributed by atoms with Crippen molar-refractivity contribution >= 4 is 20.9 Å². The Balaban J connectivity index is 1.09. The first-order chi connectivity index (χ1) is 20.4. The molecule has 6 nitrogen and oxygen atoms in total. The monoisotopic (exact) mass is 594 g/mol. The van der Waals surface area contributed by atoms with Gasteiger partial charge in [-0.3, -0.25) is 4.90 Å². The fourth-order valence-electron chi connectivity index (χ4n) is 10.3. The molecular weight excluding hydrogens is 540 g/mol. The highest BCUT2D eigenvalue weighted by Gasteiger charge is 2.45. The van der Waals surface area contributed by atoms with Crippen molar-refractivity contribution in [2.24, 2.45) is 17.8 Å². The first kappa shape index (κ1) is 29.3. The molecule has 2 saturated carbocycles. The number of para-hydroxylation sites is 2. The molecule has 5 aliphatic rings. The summed E-state index contributed by atoms with van der Waals surface area (Å²) in [6.07, 6.45) is 22.7. The summed E-state index contributed by atoms with van der Waals surface area (Å²) in [7, 11) is -2.89. The van der Waals surface area contributed by atoms with Crippen LogP contribution in [0.4, 0.5) is 0 Å². The number of benzene rings is 1. The average molecular weight is 595 g/mol. The molecule has 2 aromatic rings. The molecule has 0 amide bonds. The quantitative estimate of drug-likeness (QED) is 0.343. The number of likely N-dealkylation sites (tertiary alicyclic amines) is 1. The van der Waals surface area contributed by atoms with E-state index >= 15 is 0 Å². The Labute approximate surface area is 254 Å². The van der Waals surface area contributed by atoms with E-state index in [9.17, 15) is 8.42 Å². The number of aromatic nitrogens is 2. The zero-order valence-electron chi connectivity index (χ0n) is 26.0. The van der Waals surface area contributed by atoms with Crippen molar-refractivity contribution in [1.82, 2.24) is 19.4 Å². The minimum Gasteiger partial charge on any atom is -0.325 e. The molecule has 5 fully saturated rings. The summed E-state index contributed by atoms with van der Waals surface area (Å²) in [4.78, 5) is 10.9. The standard InChI is InChI=1S/C35H54N4O2S/c1-42(40,41)18-8-17-37-16-7-11-28(25-37)22-35-36-33-14-4-5-15-34(33)39(35)32-23-29-12-6-13-30(24-32)38(29)31-20-26-9-2-3-10-27(19-26)21-31/h4-5,14-15,26-32H,2-3,6-13,16-25H2,1H3/t26-,27+,28-,29-,30+,31?,32?/m0/s1. The van der Waals surface area contributed by atoms with Crippen LogP contribution < -0.4 is 0 Å². The van der Waals surface area contributed by atoms with Crippen LogP contribution in [0.15, 0.2) is 24.3 Å². The Hall–Kier alpha value is -1.44. The zero-order valence-corrected chi connectivity index (χ0v) is 26.8. The minimum absolute atomic E-state index is 0.299. The molecule has 232 valence electrons. The smallest absolute Gasteiger partial charge is 0.147 e. The van der Waals surface area contributed by atoms with Crippen LogP contribution in [-0.4, -0.2) is 77.5 Å². The van der Waals surface area contributed by atoms with E-state index < -0.39 is 9.84 Å². The molecule has 1 aromatic heterocycles. The van der Waals surface area contributed by atoms with E-state index in [1.165, 1.54) is 107 Å². The first-order valence-corrected chi connectivity index (χ1v) is 19.6. The summed E-state index contributed by atoms with van der Waals surface area (Å²) in [6.45, 7) is 3.06. The second kappa shape index (κ2) is 12.5. The van der Waals surface area contributed by atoms with Crippen LogP contribution in [0.2, 0.25) is 0 Å². The molecule has 4 heterocycles. The molecule has 0 N–H and O–H groups in total. The Kier molecular flexibility index (Phi) is 8.72. The summed E-state index contributed by atoms with van der Waals surface area (Å²) < 4.78 is 26.0. The lowest BCUT2D eigenvalue weighted by Gasteiger charge is -2.54. The lowest BCUT2D eigenvalue weighted by Crippen LogP contribution is -2.58. The van der Waals surface area contributed by atoms with Gasteiger partial charge in [0.25, 0.3) is 0 Å². The number of piperidine rings is 3.